The Morgan fingerprint density at radius 3 is 2.93 bits per heavy atom. The van der Waals surface area contributed by atoms with Gasteiger partial charge in [0.05, 0.1) is 0 Å². The molecule has 0 spiro atoms. The van der Waals surface area contributed by atoms with Gasteiger partial charge in [-0.25, -0.2) is 0 Å². The maximum absolute atomic E-state index is 3.69. The highest BCUT2D eigenvalue weighted by Crippen LogP contribution is 2.32. The van der Waals surface area contributed by atoms with Crippen molar-refractivity contribution in [3.63, 3.8) is 0 Å². The van der Waals surface area contributed by atoms with Crippen molar-refractivity contribution in [1.82, 2.24) is 0 Å². The molecule has 0 saturated carbocycles. The molecule has 0 aromatic carbocycles. The minimum Gasteiger partial charge on any atom is -0.136 e. The number of thiophene rings is 1. The van der Waals surface area contributed by atoms with E-state index in [9.17, 15) is 0 Å². The summed E-state index contributed by atoms with van der Waals surface area (Å²) in [6.45, 7) is 5.87. The fourth-order valence-corrected chi connectivity index (χ4v) is 2.79. The lowest BCUT2D eigenvalue weighted by Gasteiger charge is -1.93. The summed E-state index contributed by atoms with van der Waals surface area (Å²) in [6, 6.07) is 0. The normalized spacial score (nSPS) is 14.2. The van der Waals surface area contributed by atoms with Crippen LogP contribution in [-0.4, -0.2) is 0 Å². The lowest BCUT2D eigenvalue weighted by Crippen LogP contribution is -1.75. The van der Waals surface area contributed by atoms with E-state index in [1.165, 1.54) is 20.9 Å². The third kappa shape index (κ3) is 2.02. The van der Waals surface area contributed by atoms with Crippen molar-refractivity contribution in [3.05, 3.63) is 51.8 Å². The van der Waals surface area contributed by atoms with Gasteiger partial charge in [-0.2, -0.15) is 0 Å². The summed E-state index contributed by atoms with van der Waals surface area (Å²) in [6.07, 6.45) is 15.8. The quantitative estimate of drug-likeness (QED) is 0.627. The van der Waals surface area contributed by atoms with E-state index in [0.29, 0.717) is 0 Å². The van der Waals surface area contributed by atoms with Crippen LogP contribution in [0.1, 0.15) is 27.3 Å². The number of hydrogen-bond donors (Lipinski definition) is 0. The molecule has 76 valence electrons. The summed E-state index contributed by atoms with van der Waals surface area (Å²) in [5, 5.41) is 0. The highest BCUT2D eigenvalue weighted by Gasteiger charge is 2.09. The van der Waals surface area contributed by atoms with Crippen LogP contribution in [0.4, 0.5) is 0 Å². The zero-order chi connectivity index (χ0) is 10.7. The van der Waals surface area contributed by atoms with E-state index >= 15 is 0 Å². The molecule has 1 aliphatic carbocycles. The third-order valence-electron chi connectivity index (χ3n) is 2.47. The van der Waals surface area contributed by atoms with Gasteiger partial charge in [-0.1, -0.05) is 37.0 Å². The first kappa shape index (κ1) is 10.2. The summed E-state index contributed by atoms with van der Waals surface area (Å²) in [5.74, 6) is 0. The first-order chi connectivity index (χ1) is 7.33. The summed E-state index contributed by atoms with van der Waals surface area (Å²) < 4.78 is 0. The summed E-state index contributed by atoms with van der Waals surface area (Å²) in [7, 11) is 0. The second kappa shape index (κ2) is 4.45. The Kier molecular flexibility index (Phi) is 3.02. The number of hydrogen-bond acceptors (Lipinski definition) is 1. The second-order valence-electron chi connectivity index (χ2n) is 3.50. The SMILES string of the molecule is C=CC=Cc1sc2c(c1C)C=CCC=C2. The first-order valence-electron chi connectivity index (χ1n) is 5.08. The molecule has 0 nitrogen and oxygen atoms in total. The van der Waals surface area contributed by atoms with Crippen LogP contribution in [0.5, 0.6) is 0 Å². The topological polar surface area (TPSA) is 0 Å². The Labute approximate surface area is 95.0 Å². The maximum Gasteiger partial charge on any atom is 0.0348 e. The predicted octanol–water partition coefficient (Wildman–Crippen LogP) is 4.69. The molecule has 15 heavy (non-hydrogen) atoms. The van der Waals surface area contributed by atoms with E-state index in [1.807, 2.05) is 23.5 Å². The monoisotopic (exact) mass is 214 g/mol. The lowest BCUT2D eigenvalue weighted by molar-refractivity contribution is 1.43. The van der Waals surface area contributed by atoms with Gasteiger partial charge in [0.1, 0.15) is 0 Å². The van der Waals surface area contributed by atoms with E-state index in [0.717, 1.165) is 6.42 Å². The summed E-state index contributed by atoms with van der Waals surface area (Å²) in [4.78, 5) is 2.70. The largest absolute Gasteiger partial charge is 0.136 e. The third-order valence-corrected chi connectivity index (χ3v) is 3.71. The molecule has 1 heterocycles. The fraction of sp³-hybridized carbons (Fsp3) is 0.143. The molecular formula is C14H14S. The van der Waals surface area contributed by atoms with Gasteiger partial charge >= 0.3 is 0 Å². The van der Waals surface area contributed by atoms with E-state index in [2.05, 4.69) is 43.9 Å². The Morgan fingerprint density at radius 2 is 2.13 bits per heavy atom. The van der Waals surface area contributed by atoms with Gasteiger partial charge in [0, 0.05) is 9.75 Å². The van der Waals surface area contributed by atoms with Crippen molar-refractivity contribution in [2.24, 2.45) is 0 Å². The van der Waals surface area contributed by atoms with Gasteiger partial charge in [0.25, 0.3) is 0 Å². The molecule has 0 bridgehead atoms. The van der Waals surface area contributed by atoms with Crippen molar-refractivity contribution in [1.29, 1.82) is 0 Å². The van der Waals surface area contributed by atoms with Gasteiger partial charge in [0.2, 0.25) is 0 Å². The highest BCUT2D eigenvalue weighted by molar-refractivity contribution is 7.14. The minimum absolute atomic E-state index is 1.04. The van der Waals surface area contributed by atoms with Crippen LogP contribution in [0.25, 0.3) is 18.2 Å². The Bertz CT molecular complexity index is 456. The van der Waals surface area contributed by atoms with Crippen LogP contribution in [0.2, 0.25) is 0 Å². The average Bonchev–Trinajstić information content (AvgIpc) is 2.44. The van der Waals surface area contributed by atoms with Crippen LogP contribution >= 0.6 is 11.3 Å². The van der Waals surface area contributed by atoms with Crippen molar-refractivity contribution in [2.75, 3.05) is 0 Å². The molecule has 0 saturated heterocycles. The van der Waals surface area contributed by atoms with E-state index in [1.54, 1.807) is 0 Å². The molecule has 1 heteroatoms. The van der Waals surface area contributed by atoms with Crippen molar-refractivity contribution >= 4 is 29.6 Å². The molecule has 0 radical (unpaired) electrons. The Hall–Kier alpha value is -1.34. The number of fused-ring (bicyclic) bond motifs is 1. The van der Waals surface area contributed by atoms with Gasteiger partial charge in [-0.05, 0) is 36.6 Å². The Balaban J connectivity index is 2.49. The lowest BCUT2D eigenvalue weighted by atomic mass is 10.1. The van der Waals surface area contributed by atoms with Crippen LogP contribution in [0.15, 0.2) is 30.9 Å². The standard InChI is InChI=1S/C14H14S/c1-3-4-9-13-11(2)12-8-6-5-7-10-14(12)15-13/h3-4,6-10H,1,5H2,2H3. The van der Waals surface area contributed by atoms with E-state index in [4.69, 9.17) is 0 Å². The summed E-state index contributed by atoms with van der Waals surface area (Å²) >= 11 is 1.84. The molecule has 1 aromatic rings. The number of rotatable bonds is 2. The molecule has 1 aliphatic rings. The van der Waals surface area contributed by atoms with Gasteiger partial charge in [-0.3, -0.25) is 0 Å². The molecule has 0 unspecified atom stereocenters. The van der Waals surface area contributed by atoms with Crippen LogP contribution in [0.3, 0.4) is 0 Å². The van der Waals surface area contributed by atoms with Crippen LogP contribution in [-0.2, 0) is 0 Å². The van der Waals surface area contributed by atoms with E-state index in [-0.39, 0.29) is 0 Å². The zero-order valence-corrected chi connectivity index (χ0v) is 9.68. The van der Waals surface area contributed by atoms with Gasteiger partial charge in [0.15, 0.2) is 0 Å². The molecule has 0 N–H and O–H groups in total. The molecular weight excluding hydrogens is 200 g/mol. The maximum atomic E-state index is 3.69. The van der Waals surface area contributed by atoms with Crippen molar-refractivity contribution in [3.8, 4) is 0 Å². The summed E-state index contributed by atoms with van der Waals surface area (Å²) in [5.41, 5.74) is 2.74. The molecule has 0 atom stereocenters. The van der Waals surface area contributed by atoms with Crippen LogP contribution < -0.4 is 0 Å². The minimum atomic E-state index is 1.04. The number of allylic oxidation sites excluding steroid dienone is 4. The smallest absolute Gasteiger partial charge is 0.0348 e. The average molecular weight is 214 g/mol. The molecule has 1 aromatic heterocycles. The van der Waals surface area contributed by atoms with Crippen molar-refractivity contribution < 1.29 is 0 Å². The molecule has 0 amide bonds. The highest BCUT2D eigenvalue weighted by atomic mass is 32.1. The first-order valence-corrected chi connectivity index (χ1v) is 5.90. The molecule has 2 rings (SSSR count). The Morgan fingerprint density at radius 1 is 1.33 bits per heavy atom. The molecule has 0 aliphatic heterocycles. The second-order valence-corrected chi connectivity index (χ2v) is 4.59. The van der Waals surface area contributed by atoms with E-state index < -0.39 is 0 Å². The zero-order valence-electron chi connectivity index (χ0n) is 8.86. The van der Waals surface area contributed by atoms with Gasteiger partial charge < -0.3 is 0 Å². The van der Waals surface area contributed by atoms with Crippen molar-refractivity contribution in [2.45, 2.75) is 13.3 Å². The van der Waals surface area contributed by atoms with Gasteiger partial charge in [-0.15, -0.1) is 11.3 Å². The molecule has 0 fully saturated rings. The fourth-order valence-electron chi connectivity index (χ4n) is 1.65. The predicted molar refractivity (Wildman–Crippen MR) is 71.0 cm³/mol. The van der Waals surface area contributed by atoms with Crippen LogP contribution in [0, 0.1) is 6.92 Å².